The smallest absolute Gasteiger partial charge is 0.282 e. The van der Waals surface area contributed by atoms with E-state index in [2.05, 4.69) is 17.1 Å². The lowest BCUT2D eigenvalue weighted by Gasteiger charge is -2.19. The molecule has 1 N–H and O–H groups in total. The van der Waals surface area contributed by atoms with E-state index in [1.54, 1.807) is 12.1 Å². The molecule has 0 bridgehead atoms. The highest BCUT2D eigenvalue weighted by molar-refractivity contribution is 14.1. The maximum Gasteiger partial charge on any atom is 0.282 e. The van der Waals surface area contributed by atoms with E-state index in [9.17, 15) is 10.1 Å². The van der Waals surface area contributed by atoms with Gasteiger partial charge in [0.2, 0.25) is 0 Å². The first-order valence-electron chi connectivity index (χ1n) is 5.25. The summed E-state index contributed by atoms with van der Waals surface area (Å²) in [5, 5.41) is 14.0. The maximum absolute atomic E-state index is 10.7. The molecule has 1 aromatic carbocycles. The molecule has 0 aliphatic heterocycles. The molecule has 0 fully saturated rings. The Labute approximate surface area is 114 Å². The number of halogens is 1. The minimum absolute atomic E-state index is 0.149. The number of nitro benzene ring substituents is 1. The lowest BCUT2D eigenvalue weighted by atomic mass is 10.2. The summed E-state index contributed by atoms with van der Waals surface area (Å²) in [6.07, 6.45) is 0. The van der Waals surface area contributed by atoms with Crippen LogP contribution in [-0.4, -0.2) is 36.5 Å². The summed E-state index contributed by atoms with van der Waals surface area (Å²) in [5.41, 5.74) is 1.06. The molecule has 94 valence electrons. The number of nitrogens with one attached hydrogen (secondary N) is 1. The van der Waals surface area contributed by atoms with Gasteiger partial charge in [0, 0.05) is 24.3 Å². The number of hydrogen-bond acceptors (Lipinski definition) is 4. The van der Waals surface area contributed by atoms with E-state index in [0.29, 0.717) is 9.61 Å². The first-order chi connectivity index (χ1) is 7.90. The lowest BCUT2D eigenvalue weighted by Crippen LogP contribution is -2.29. The molecule has 1 aromatic rings. The Morgan fingerprint density at radius 2 is 2.18 bits per heavy atom. The quantitative estimate of drug-likeness (QED) is 0.504. The molecule has 0 radical (unpaired) electrons. The summed E-state index contributed by atoms with van der Waals surface area (Å²) >= 11 is 1.98. The predicted octanol–water partition coefficient (Wildman–Crippen LogP) is 2.56. The van der Waals surface area contributed by atoms with E-state index < -0.39 is 0 Å². The first kappa shape index (κ1) is 14.2. The van der Waals surface area contributed by atoms with Crippen molar-refractivity contribution in [2.45, 2.75) is 13.0 Å². The third-order valence-corrected chi connectivity index (χ3v) is 3.06. The minimum atomic E-state index is -0.366. The Balaban J connectivity index is 2.74. The molecule has 17 heavy (non-hydrogen) atoms. The van der Waals surface area contributed by atoms with E-state index in [1.807, 2.05) is 36.7 Å². The molecule has 0 aromatic heterocycles. The van der Waals surface area contributed by atoms with Gasteiger partial charge >= 0.3 is 0 Å². The standard InChI is InChI=1S/C11H16IN3O2/c1-8(7-14(2)3)13-9-4-5-11(15(16)17)10(12)6-9/h4-6,8,13H,7H2,1-3H3. The van der Waals surface area contributed by atoms with E-state index >= 15 is 0 Å². The van der Waals surface area contributed by atoms with Crippen LogP contribution in [0, 0.1) is 13.7 Å². The maximum atomic E-state index is 10.7. The Kier molecular flexibility index (Phi) is 5.13. The molecule has 5 nitrogen and oxygen atoms in total. The topological polar surface area (TPSA) is 58.4 Å². The third kappa shape index (κ3) is 4.47. The van der Waals surface area contributed by atoms with Gasteiger partial charge in [-0.05, 0) is 55.7 Å². The average molecular weight is 349 g/mol. The minimum Gasteiger partial charge on any atom is -0.381 e. The van der Waals surface area contributed by atoms with Crippen LogP contribution < -0.4 is 5.32 Å². The summed E-state index contributed by atoms with van der Waals surface area (Å²) in [6, 6.07) is 5.37. The number of benzene rings is 1. The van der Waals surface area contributed by atoms with E-state index in [0.717, 1.165) is 12.2 Å². The molecule has 0 saturated carbocycles. The van der Waals surface area contributed by atoms with Gasteiger partial charge in [-0.3, -0.25) is 10.1 Å². The van der Waals surface area contributed by atoms with Crippen LogP contribution in [0.1, 0.15) is 6.92 Å². The Morgan fingerprint density at radius 3 is 2.65 bits per heavy atom. The second-order valence-electron chi connectivity index (χ2n) is 4.23. The van der Waals surface area contributed by atoms with Crippen LogP contribution in [0.5, 0.6) is 0 Å². The normalized spacial score (nSPS) is 12.5. The first-order valence-corrected chi connectivity index (χ1v) is 6.33. The fourth-order valence-corrected chi connectivity index (χ4v) is 2.33. The van der Waals surface area contributed by atoms with Crippen molar-refractivity contribution < 1.29 is 4.92 Å². The molecule has 1 atom stereocenters. The molecule has 0 saturated heterocycles. The molecule has 6 heteroatoms. The number of likely N-dealkylation sites (N-methyl/N-ethyl adjacent to an activating group) is 1. The van der Waals surface area contributed by atoms with E-state index in [-0.39, 0.29) is 10.6 Å². The number of hydrogen-bond donors (Lipinski definition) is 1. The summed E-state index contributed by atoms with van der Waals surface area (Å²) in [7, 11) is 4.02. The highest BCUT2D eigenvalue weighted by Crippen LogP contribution is 2.24. The fraction of sp³-hybridized carbons (Fsp3) is 0.455. The second kappa shape index (κ2) is 6.15. The van der Waals surface area contributed by atoms with Crippen molar-refractivity contribution in [3.8, 4) is 0 Å². The monoisotopic (exact) mass is 349 g/mol. The zero-order chi connectivity index (χ0) is 13.0. The van der Waals surface area contributed by atoms with Crippen molar-refractivity contribution in [3.05, 3.63) is 31.9 Å². The molecular weight excluding hydrogens is 333 g/mol. The van der Waals surface area contributed by atoms with Crippen molar-refractivity contribution in [1.29, 1.82) is 0 Å². The van der Waals surface area contributed by atoms with Crippen molar-refractivity contribution in [1.82, 2.24) is 4.90 Å². The lowest BCUT2D eigenvalue weighted by molar-refractivity contribution is -0.385. The fourth-order valence-electron chi connectivity index (χ4n) is 1.62. The molecule has 0 heterocycles. The second-order valence-corrected chi connectivity index (χ2v) is 5.39. The van der Waals surface area contributed by atoms with Crippen molar-refractivity contribution in [3.63, 3.8) is 0 Å². The summed E-state index contributed by atoms with van der Waals surface area (Å²) in [6.45, 7) is 2.99. The van der Waals surface area contributed by atoms with Crippen LogP contribution in [-0.2, 0) is 0 Å². The largest absolute Gasteiger partial charge is 0.381 e. The van der Waals surface area contributed by atoms with Crippen molar-refractivity contribution in [2.75, 3.05) is 26.0 Å². The van der Waals surface area contributed by atoms with E-state index in [4.69, 9.17) is 0 Å². The molecule has 0 aliphatic carbocycles. The van der Waals surface area contributed by atoms with Crippen molar-refractivity contribution >= 4 is 34.0 Å². The van der Waals surface area contributed by atoms with Gasteiger partial charge < -0.3 is 10.2 Å². The molecule has 1 unspecified atom stereocenters. The van der Waals surface area contributed by atoms with E-state index in [1.165, 1.54) is 6.07 Å². The van der Waals surface area contributed by atoms with Gasteiger partial charge in [0.15, 0.2) is 0 Å². The number of nitro groups is 1. The summed E-state index contributed by atoms with van der Waals surface area (Å²) in [5.74, 6) is 0. The number of nitrogens with zero attached hydrogens (tertiary/aromatic N) is 2. The predicted molar refractivity (Wildman–Crippen MR) is 77.5 cm³/mol. The molecule has 0 spiro atoms. The Morgan fingerprint density at radius 1 is 1.53 bits per heavy atom. The van der Waals surface area contributed by atoms with Gasteiger partial charge in [-0.2, -0.15) is 0 Å². The number of anilines is 1. The third-order valence-electron chi connectivity index (χ3n) is 2.20. The molecular formula is C11H16IN3O2. The SMILES string of the molecule is CC(CN(C)C)Nc1ccc([N+](=O)[O-])c(I)c1. The van der Waals surface area contributed by atoms with Crippen LogP contribution in [0.25, 0.3) is 0 Å². The van der Waals surface area contributed by atoms with Crippen molar-refractivity contribution in [2.24, 2.45) is 0 Å². The van der Waals surface area contributed by atoms with Gasteiger partial charge in [0.1, 0.15) is 0 Å². The Hall–Kier alpha value is -0.890. The van der Waals surface area contributed by atoms with Crippen LogP contribution in [0.3, 0.4) is 0 Å². The zero-order valence-corrected chi connectivity index (χ0v) is 12.3. The van der Waals surface area contributed by atoms with Gasteiger partial charge in [0.25, 0.3) is 5.69 Å². The molecule has 0 aliphatic rings. The zero-order valence-electron chi connectivity index (χ0n) is 10.1. The van der Waals surface area contributed by atoms with Crippen LogP contribution in [0.4, 0.5) is 11.4 Å². The average Bonchev–Trinajstić information content (AvgIpc) is 2.15. The highest BCUT2D eigenvalue weighted by Gasteiger charge is 2.12. The summed E-state index contributed by atoms with van der Waals surface area (Å²) in [4.78, 5) is 12.4. The van der Waals surface area contributed by atoms with Gasteiger partial charge in [0.05, 0.1) is 8.49 Å². The molecule has 0 amide bonds. The number of rotatable bonds is 5. The highest BCUT2D eigenvalue weighted by atomic mass is 127. The van der Waals surface area contributed by atoms with Crippen LogP contribution in [0.15, 0.2) is 18.2 Å². The van der Waals surface area contributed by atoms with Gasteiger partial charge in [-0.15, -0.1) is 0 Å². The van der Waals surface area contributed by atoms with Crippen LogP contribution in [0.2, 0.25) is 0 Å². The Bertz CT molecular complexity index is 410. The summed E-state index contributed by atoms with van der Waals surface area (Å²) < 4.78 is 0.648. The van der Waals surface area contributed by atoms with Gasteiger partial charge in [-0.25, -0.2) is 0 Å². The van der Waals surface area contributed by atoms with Gasteiger partial charge in [-0.1, -0.05) is 0 Å². The molecule has 1 rings (SSSR count). The van der Waals surface area contributed by atoms with Crippen LogP contribution >= 0.6 is 22.6 Å².